The Balaban J connectivity index is 1.31. The number of benzene rings is 2. The van der Waals surface area contributed by atoms with Crippen molar-refractivity contribution in [3.05, 3.63) is 51.4 Å². The summed E-state index contributed by atoms with van der Waals surface area (Å²) >= 11 is 2.34. The average molecular weight is 512 g/mol. The quantitative estimate of drug-likeness (QED) is 0.490. The van der Waals surface area contributed by atoms with E-state index in [0.717, 1.165) is 66.3 Å². The molecule has 5 nitrogen and oxygen atoms in total. The predicted molar refractivity (Wildman–Crippen MR) is 128 cm³/mol. The Bertz CT molecular complexity index is 1150. The lowest BCUT2D eigenvalue weighted by Gasteiger charge is -2.35. The van der Waals surface area contributed by atoms with Gasteiger partial charge in [-0.2, -0.15) is 0 Å². The zero-order chi connectivity index (χ0) is 20.3. The maximum absolute atomic E-state index is 13.4. The van der Waals surface area contributed by atoms with Crippen LogP contribution in [0.3, 0.4) is 0 Å². The smallest absolute Gasteiger partial charge is 0.257 e. The van der Waals surface area contributed by atoms with E-state index in [0.29, 0.717) is 5.41 Å². The van der Waals surface area contributed by atoms with Gasteiger partial charge in [-0.25, -0.2) is 4.98 Å². The molecule has 2 aromatic carbocycles. The zero-order valence-corrected chi connectivity index (χ0v) is 19.1. The first-order valence-corrected chi connectivity index (χ1v) is 12.0. The average Bonchev–Trinajstić information content (AvgIpc) is 3.18. The fourth-order valence-corrected chi connectivity index (χ4v) is 5.65. The van der Waals surface area contributed by atoms with Crippen LogP contribution in [0.1, 0.15) is 48.3 Å². The monoisotopic (exact) mass is 512 g/mol. The van der Waals surface area contributed by atoms with E-state index < -0.39 is 0 Å². The first-order chi connectivity index (χ1) is 14.6. The van der Waals surface area contributed by atoms with Crippen LogP contribution in [0.5, 0.6) is 0 Å². The number of aromatic nitrogens is 2. The molecule has 3 aromatic rings. The van der Waals surface area contributed by atoms with E-state index in [-0.39, 0.29) is 5.91 Å². The van der Waals surface area contributed by atoms with E-state index in [1.807, 2.05) is 24.3 Å². The second-order valence-corrected chi connectivity index (χ2v) is 10.3. The number of amides is 1. The van der Waals surface area contributed by atoms with Crippen molar-refractivity contribution < 1.29 is 4.79 Å². The molecule has 0 atom stereocenters. The van der Waals surface area contributed by atoms with Crippen LogP contribution in [0.25, 0.3) is 11.0 Å². The van der Waals surface area contributed by atoms with Crippen molar-refractivity contribution >= 4 is 50.9 Å². The summed E-state index contributed by atoms with van der Waals surface area (Å²) in [4.78, 5) is 20.6. The SMILES string of the molecule is O=C(Nc1cccc2c1nc1n2CCC1)c1ccc(I)cc1N1CCC2(CC1)CC2. The lowest BCUT2D eigenvalue weighted by atomic mass is 9.93. The maximum Gasteiger partial charge on any atom is 0.257 e. The zero-order valence-electron chi connectivity index (χ0n) is 17.0. The van der Waals surface area contributed by atoms with Gasteiger partial charge >= 0.3 is 0 Å². The number of piperidine rings is 1. The fourth-order valence-electron chi connectivity index (χ4n) is 5.18. The number of para-hydroxylation sites is 1. The van der Waals surface area contributed by atoms with Crippen LogP contribution >= 0.6 is 22.6 Å². The Morgan fingerprint density at radius 3 is 2.70 bits per heavy atom. The summed E-state index contributed by atoms with van der Waals surface area (Å²) in [6.07, 6.45) is 7.44. The Kier molecular flexibility index (Phi) is 4.34. The standard InChI is InChI=1S/C24H25IN4O/c25-16-6-7-17(20(15-16)28-13-10-24(8-9-24)11-14-28)23(30)26-18-3-1-4-19-22(18)27-21-5-2-12-29(19)21/h1,3-4,6-7,15H,2,5,8-14H2,(H,26,30). The highest BCUT2D eigenvalue weighted by Gasteiger charge is 2.44. The molecule has 0 unspecified atom stereocenters. The number of fused-ring (bicyclic) bond motifs is 3. The molecule has 1 amide bonds. The molecule has 1 saturated heterocycles. The van der Waals surface area contributed by atoms with E-state index in [1.54, 1.807) is 0 Å². The number of halogens is 1. The van der Waals surface area contributed by atoms with Gasteiger partial charge < -0.3 is 14.8 Å². The Morgan fingerprint density at radius 2 is 1.90 bits per heavy atom. The number of hydrogen-bond acceptors (Lipinski definition) is 3. The summed E-state index contributed by atoms with van der Waals surface area (Å²) in [5.41, 5.74) is 5.27. The number of rotatable bonds is 3. The van der Waals surface area contributed by atoms with E-state index in [4.69, 9.17) is 4.98 Å². The Hall–Kier alpha value is -2.09. The summed E-state index contributed by atoms with van der Waals surface area (Å²) in [5.74, 6) is 1.08. The lowest BCUT2D eigenvalue weighted by Crippen LogP contribution is -2.35. The van der Waals surface area contributed by atoms with Crippen molar-refractivity contribution in [1.29, 1.82) is 0 Å². The van der Waals surface area contributed by atoms with Crippen molar-refractivity contribution in [2.75, 3.05) is 23.3 Å². The van der Waals surface area contributed by atoms with Crippen molar-refractivity contribution in [2.24, 2.45) is 5.41 Å². The van der Waals surface area contributed by atoms with Crippen LogP contribution in [-0.4, -0.2) is 28.5 Å². The van der Waals surface area contributed by atoms with Crippen LogP contribution < -0.4 is 10.2 Å². The first kappa shape index (κ1) is 18.7. The highest BCUT2D eigenvalue weighted by Crippen LogP contribution is 2.54. The topological polar surface area (TPSA) is 50.2 Å². The third-order valence-corrected chi connectivity index (χ3v) is 7.89. The molecule has 3 aliphatic rings. The van der Waals surface area contributed by atoms with Crippen molar-refractivity contribution in [3.63, 3.8) is 0 Å². The van der Waals surface area contributed by atoms with E-state index >= 15 is 0 Å². The molecular weight excluding hydrogens is 487 g/mol. The van der Waals surface area contributed by atoms with Crippen LogP contribution in [0.2, 0.25) is 0 Å². The number of carbonyl (C=O) groups is 1. The van der Waals surface area contributed by atoms with Gasteiger partial charge in [-0.15, -0.1) is 0 Å². The summed E-state index contributed by atoms with van der Waals surface area (Å²) in [6.45, 7) is 3.11. The molecule has 1 aromatic heterocycles. The Labute approximate surface area is 190 Å². The molecule has 2 fully saturated rings. The van der Waals surface area contributed by atoms with Gasteiger partial charge in [0.05, 0.1) is 22.5 Å². The van der Waals surface area contributed by atoms with Crippen LogP contribution in [-0.2, 0) is 13.0 Å². The maximum atomic E-state index is 13.4. The van der Waals surface area contributed by atoms with Gasteiger partial charge in [0.25, 0.3) is 5.91 Å². The number of nitrogens with zero attached hydrogens (tertiary/aromatic N) is 3. The van der Waals surface area contributed by atoms with Gasteiger partial charge in [-0.05, 0) is 90.4 Å². The molecule has 1 N–H and O–H groups in total. The number of imidazole rings is 1. The minimum Gasteiger partial charge on any atom is -0.371 e. The van der Waals surface area contributed by atoms with Crippen molar-refractivity contribution in [3.8, 4) is 0 Å². The second kappa shape index (κ2) is 6.97. The van der Waals surface area contributed by atoms with Gasteiger partial charge in [0.15, 0.2) is 0 Å². The number of hydrogen-bond donors (Lipinski definition) is 1. The minimum absolute atomic E-state index is 0.0474. The van der Waals surface area contributed by atoms with Crippen LogP contribution in [0.4, 0.5) is 11.4 Å². The number of carbonyl (C=O) groups excluding carboxylic acids is 1. The number of anilines is 2. The second-order valence-electron chi connectivity index (χ2n) is 9.06. The molecule has 0 bridgehead atoms. The number of aryl methyl sites for hydroxylation is 2. The molecule has 2 aliphatic heterocycles. The minimum atomic E-state index is -0.0474. The lowest BCUT2D eigenvalue weighted by molar-refractivity contribution is 0.102. The summed E-state index contributed by atoms with van der Waals surface area (Å²) in [5, 5.41) is 3.17. The molecule has 1 saturated carbocycles. The molecular formula is C24H25IN4O. The highest BCUT2D eigenvalue weighted by molar-refractivity contribution is 14.1. The Morgan fingerprint density at radius 1 is 1.07 bits per heavy atom. The summed E-state index contributed by atoms with van der Waals surface area (Å²) in [6, 6.07) is 12.2. The number of nitrogens with one attached hydrogen (secondary N) is 1. The van der Waals surface area contributed by atoms with E-state index in [9.17, 15) is 4.79 Å². The molecule has 3 heterocycles. The summed E-state index contributed by atoms with van der Waals surface area (Å²) in [7, 11) is 0. The van der Waals surface area contributed by atoms with Crippen LogP contribution in [0, 0.1) is 8.99 Å². The molecule has 6 rings (SSSR count). The summed E-state index contributed by atoms with van der Waals surface area (Å²) < 4.78 is 3.45. The highest BCUT2D eigenvalue weighted by atomic mass is 127. The van der Waals surface area contributed by atoms with Crippen LogP contribution in [0.15, 0.2) is 36.4 Å². The molecule has 1 spiro atoms. The molecule has 6 heteroatoms. The van der Waals surface area contributed by atoms with Crippen molar-refractivity contribution in [2.45, 2.75) is 45.1 Å². The van der Waals surface area contributed by atoms with Crippen molar-refractivity contribution in [1.82, 2.24) is 9.55 Å². The van der Waals surface area contributed by atoms with Gasteiger partial charge in [0, 0.05) is 29.6 Å². The fraction of sp³-hybridized carbons (Fsp3) is 0.417. The van der Waals surface area contributed by atoms with E-state index in [1.165, 1.54) is 29.3 Å². The normalized spacial score (nSPS) is 19.3. The van der Waals surface area contributed by atoms with Gasteiger partial charge in [0.2, 0.25) is 0 Å². The third-order valence-electron chi connectivity index (χ3n) is 7.21. The predicted octanol–water partition coefficient (Wildman–Crippen LogP) is 5.22. The molecule has 1 aliphatic carbocycles. The third kappa shape index (κ3) is 3.11. The van der Waals surface area contributed by atoms with Gasteiger partial charge in [-0.3, -0.25) is 4.79 Å². The van der Waals surface area contributed by atoms with Gasteiger partial charge in [0.1, 0.15) is 11.3 Å². The largest absolute Gasteiger partial charge is 0.371 e. The van der Waals surface area contributed by atoms with Gasteiger partial charge in [-0.1, -0.05) is 6.07 Å². The molecule has 154 valence electrons. The molecule has 0 radical (unpaired) electrons. The molecule has 30 heavy (non-hydrogen) atoms. The first-order valence-electron chi connectivity index (χ1n) is 11.0. The van der Waals surface area contributed by atoms with E-state index in [2.05, 4.69) is 49.5 Å².